The van der Waals surface area contributed by atoms with Crippen molar-refractivity contribution in [2.45, 2.75) is 13.3 Å². The molecule has 0 aliphatic rings. The van der Waals surface area contributed by atoms with Gasteiger partial charge in [0.2, 0.25) is 0 Å². The van der Waals surface area contributed by atoms with Crippen molar-refractivity contribution in [3.63, 3.8) is 0 Å². The van der Waals surface area contributed by atoms with Gasteiger partial charge in [-0.15, -0.1) is 0 Å². The van der Waals surface area contributed by atoms with Crippen LogP contribution in [0.15, 0.2) is 0 Å². The van der Waals surface area contributed by atoms with Crippen molar-refractivity contribution in [1.82, 2.24) is 0 Å². The van der Waals surface area contributed by atoms with Gasteiger partial charge in [0.1, 0.15) is 6.42 Å². The Morgan fingerprint density at radius 1 is 1.42 bits per heavy atom. The first-order valence-corrected chi connectivity index (χ1v) is 2.99. The number of carbonyl (C=O) groups is 3. The fourth-order valence-corrected chi connectivity index (χ4v) is 0.419. The maximum absolute atomic E-state index is 10.5. The van der Waals surface area contributed by atoms with Crippen LogP contribution in [0.25, 0.3) is 0 Å². The third-order valence-electron chi connectivity index (χ3n) is 0.849. The first kappa shape index (κ1) is 14.2. The smallest absolute Gasteiger partial charge is 1.00 e. The molecule has 0 unspecified atom stereocenters. The van der Waals surface area contributed by atoms with Crippen LogP contribution in [0.3, 0.4) is 0 Å². The molecular weight excluding hydrogens is 175 g/mol. The van der Waals surface area contributed by atoms with Crippen molar-refractivity contribution in [1.29, 1.82) is 0 Å². The minimum atomic E-state index is -1.61. The number of aliphatic carboxylic acids is 1. The molecule has 0 amide bonds. The molecule has 0 aromatic rings. The van der Waals surface area contributed by atoms with Gasteiger partial charge in [0.25, 0.3) is 5.78 Å². The van der Waals surface area contributed by atoms with E-state index in [9.17, 15) is 14.4 Å². The summed E-state index contributed by atoms with van der Waals surface area (Å²) in [5.74, 6) is -3.57. The van der Waals surface area contributed by atoms with Crippen LogP contribution in [0, 0.1) is 0 Å². The van der Waals surface area contributed by atoms with Crippen molar-refractivity contribution in [3.8, 4) is 0 Å². The summed E-state index contributed by atoms with van der Waals surface area (Å²) >= 11 is 0. The van der Waals surface area contributed by atoms with Crippen molar-refractivity contribution in [2.24, 2.45) is 0 Å². The molecule has 0 aliphatic carbocycles. The van der Waals surface area contributed by atoms with Crippen molar-refractivity contribution < 1.29 is 55.2 Å². The minimum absolute atomic E-state index is 0. The van der Waals surface area contributed by atoms with E-state index in [1.165, 1.54) is 0 Å². The van der Waals surface area contributed by atoms with E-state index in [1.54, 1.807) is 6.92 Å². The Balaban J connectivity index is -0.000000500. The van der Waals surface area contributed by atoms with Crippen molar-refractivity contribution in [2.75, 3.05) is 6.61 Å². The van der Waals surface area contributed by atoms with E-state index >= 15 is 0 Å². The maximum atomic E-state index is 10.5. The predicted octanol–water partition coefficient (Wildman–Crippen LogP) is -3.29. The zero-order chi connectivity index (χ0) is 8.85. The SMILES string of the molecule is CCOC(=O)CC(=O)C(=O)O.[H-].[Na+]. The molecule has 0 saturated carbocycles. The Morgan fingerprint density at radius 2 is 1.92 bits per heavy atom. The van der Waals surface area contributed by atoms with Crippen molar-refractivity contribution in [3.05, 3.63) is 0 Å². The normalized spacial score (nSPS) is 8.08. The van der Waals surface area contributed by atoms with E-state index in [-0.39, 0.29) is 37.6 Å². The average molecular weight is 184 g/mol. The second kappa shape index (κ2) is 7.27. The van der Waals surface area contributed by atoms with Gasteiger partial charge in [-0.25, -0.2) is 4.79 Å². The second-order valence-electron chi connectivity index (χ2n) is 1.71. The minimum Gasteiger partial charge on any atom is -1.00 e. The van der Waals surface area contributed by atoms with Gasteiger partial charge in [-0.05, 0) is 6.92 Å². The molecule has 0 spiro atoms. The van der Waals surface area contributed by atoms with E-state index in [0.717, 1.165) is 0 Å². The summed E-state index contributed by atoms with van der Waals surface area (Å²) in [4.78, 5) is 30.7. The molecule has 1 N–H and O–H groups in total. The van der Waals surface area contributed by atoms with Gasteiger partial charge < -0.3 is 11.3 Å². The molecule has 0 bridgehead atoms. The summed E-state index contributed by atoms with van der Waals surface area (Å²) in [6, 6.07) is 0. The first-order chi connectivity index (χ1) is 5.07. The molecule has 0 fully saturated rings. The van der Waals surface area contributed by atoms with Gasteiger partial charge in [-0.3, -0.25) is 9.59 Å². The molecule has 0 rings (SSSR count). The largest absolute Gasteiger partial charge is 1.00 e. The summed E-state index contributed by atoms with van der Waals surface area (Å²) in [6.45, 7) is 1.72. The summed E-state index contributed by atoms with van der Waals surface area (Å²) in [5, 5.41) is 8.04. The number of esters is 1. The number of rotatable bonds is 4. The zero-order valence-electron chi connectivity index (χ0n) is 7.99. The zero-order valence-corrected chi connectivity index (χ0v) is 8.99. The van der Waals surface area contributed by atoms with Crippen LogP contribution in [-0.2, 0) is 19.1 Å². The molecule has 12 heavy (non-hydrogen) atoms. The topological polar surface area (TPSA) is 80.7 Å². The monoisotopic (exact) mass is 184 g/mol. The Kier molecular flexibility index (Phi) is 8.57. The number of carbonyl (C=O) groups excluding carboxylic acids is 2. The van der Waals surface area contributed by atoms with Crippen LogP contribution in [0.5, 0.6) is 0 Å². The standard InChI is InChI=1S/C6H8O5.Na.H/c1-2-11-5(8)3-4(7)6(9)10;;/h2-3H2,1H3,(H,9,10);;/q;+1;-1. The van der Waals surface area contributed by atoms with Gasteiger partial charge in [0, 0.05) is 0 Å². The van der Waals surface area contributed by atoms with Crippen LogP contribution in [0.2, 0.25) is 0 Å². The fourth-order valence-electron chi connectivity index (χ4n) is 0.419. The van der Waals surface area contributed by atoms with Gasteiger partial charge in [0.05, 0.1) is 6.61 Å². The van der Waals surface area contributed by atoms with Crippen LogP contribution in [0.4, 0.5) is 0 Å². The molecule has 0 atom stereocenters. The summed E-state index contributed by atoms with van der Waals surface area (Å²) in [7, 11) is 0. The summed E-state index contributed by atoms with van der Waals surface area (Å²) < 4.78 is 4.34. The van der Waals surface area contributed by atoms with E-state index in [0.29, 0.717) is 0 Å². The van der Waals surface area contributed by atoms with Crippen LogP contribution < -0.4 is 29.6 Å². The van der Waals surface area contributed by atoms with Gasteiger partial charge >= 0.3 is 41.5 Å². The van der Waals surface area contributed by atoms with Crippen LogP contribution in [-0.4, -0.2) is 29.4 Å². The van der Waals surface area contributed by atoms with Gasteiger partial charge in [-0.2, -0.15) is 0 Å². The van der Waals surface area contributed by atoms with Crippen LogP contribution >= 0.6 is 0 Å². The number of Topliss-reactive ketones (excluding diaryl/α,β-unsaturated/α-hetero) is 1. The van der Waals surface area contributed by atoms with E-state index in [2.05, 4.69) is 4.74 Å². The number of ether oxygens (including phenoxy) is 1. The van der Waals surface area contributed by atoms with E-state index < -0.39 is 24.1 Å². The molecule has 0 saturated heterocycles. The molecule has 6 heteroatoms. The molecule has 64 valence electrons. The maximum Gasteiger partial charge on any atom is 1.00 e. The fraction of sp³-hybridized carbons (Fsp3) is 0.500. The van der Waals surface area contributed by atoms with E-state index in [1.807, 2.05) is 0 Å². The molecule has 0 aliphatic heterocycles. The van der Waals surface area contributed by atoms with Crippen molar-refractivity contribution >= 4 is 17.7 Å². The molecule has 0 heterocycles. The third-order valence-corrected chi connectivity index (χ3v) is 0.849. The number of carboxylic acids is 1. The first-order valence-electron chi connectivity index (χ1n) is 2.99. The van der Waals surface area contributed by atoms with E-state index in [4.69, 9.17) is 5.11 Å². The Hall–Kier alpha value is -0.390. The molecule has 5 nitrogen and oxygen atoms in total. The molecule has 0 radical (unpaired) electrons. The van der Waals surface area contributed by atoms with Gasteiger partial charge in [0.15, 0.2) is 0 Å². The quantitative estimate of drug-likeness (QED) is 0.214. The number of hydrogen-bond donors (Lipinski definition) is 1. The molecular formula is C6H9NaO5. The second-order valence-corrected chi connectivity index (χ2v) is 1.71. The molecule has 0 aromatic carbocycles. The molecule has 0 aromatic heterocycles. The van der Waals surface area contributed by atoms with Gasteiger partial charge in [-0.1, -0.05) is 0 Å². The third kappa shape index (κ3) is 6.33. The summed E-state index contributed by atoms with van der Waals surface area (Å²) in [5.41, 5.74) is 0. The Morgan fingerprint density at radius 3 is 2.25 bits per heavy atom. The Labute approximate surface area is 92.9 Å². The number of carboxylic acid groups (broad SMARTS) is 1. The number of ketones is 1. The average Bonchev–Trinajstić information content (AvgIpc) is 1.87. The van der Waals surface area contributed by atoms with Crippen LogP contribution in [0.1, 0.15) is 14.8 Å². The predicted molar refractivity (Wildman–Crippen MR) is 35.0 cm³/mol. The Bertz CT molecular complexity index is 193. The summed E-state index contributed by atoms with van der Waals surface area (Å²) in [6.07, 6.45) is -0.691. The number of hydrogen-bond acceptors (Lipinski definition) is 4.